The van der Waals surface area contributed by atoms with E-state index < -0.39 is 0 Å². The number of aromatic nitrogens is 2. The number of rotatable bonds is 7. The summed E-state index contributed by atoms with van der Waals surface area (Å²) in [6.45, 7) is 6.91. The molecular formula is C22H26N4O. The molecule has 5 heteroatoms. The van der Waals surface area contributed by atoms with Crippen LogP contribution in [0.3, 0.4) is 0 Å². The highest BCUT2D eigenvalue weighted by molar-refractivity contribution is 5.60. The number of hydrogen-bond donors (Lipinski definition) is 2. The van der Waals surface area contributed by atoms with Crippen LogP contribution >= 0.6 is 0 Å². The van der Waals surface area contributed by atoms with E-state index in [9.17, 15) is 0 Å². The molecule has 3 aromatic rings. The molecule has 0 aliphatic heterocycles. The molecule has 0 radical (unpaired) electrons. The highest BCUT2D eigenvalue weighted by Crippen LogP contribution is 2.21. The minimum atomic E-state index is 0.604. The Hall–Kier alpha value is -3.08. The lowest BCUT2D eigenvalue weighted by Crippen LogP contribution is -2.09. The van der Waals surface area contributed by atoms with Crippen molar-refractivity contribution in [3.8, 4) is 5.75 Å². The molecule has 27 heavy (non-hydrogen) atoms. The zero-order valence-electron chi connectivity index (χ0n) is 16.3. The highest BCUT2D eigenvalue weighted by atomic mass is 16.5. The Morgan fingerprint density at radius 3 is 2.63 bits per heavy atom. The maximum Gasteiger partial charge on any atom is 0.229 e. The molecule has 0 fully saturated rings. The molecule has 0 aliphatic carbocycles. The van der Waals surface area contributed by atoms with E-state index in [2.05, 4.69) is 64.8 Å². The Morgan fingerprint density at radius 1 is 0.963 bits per heavy atom. The van der Waals surface area contributed by atoms with Gasteiger partial charge in [-0.2, -0.15) is 4.98 Å². The molecule has 0 amide bonds. The fourth-order valence-electron chi connectivity index (χ4n) is 2.87. The van der Waals surface area contributed by atoms with Crippen molar-refractivity contribution in [2.75, 3.05) is 24.3 Å². The summed E-state index contributed by atoms with van der Waals surface area (Å²) in [4.78, 5) is 9.12. The van der Waals surface area contributed by atoms with Crippen molar-refractivity contribution >= 4 is 17.5 Å². The second-order valence-electron chi connectivity index (χ2n) is 6.69. The Labute approximate surface area is 160 Å². The lowest BCUT2D eigenvalue weighted by molar-refractivity contribution is 0.414. The molecule has 0 aliphatic rings. The van der Waals surface area contributed by atoms with Crippen LogP contribution in [0, 0.1) is 20.8 Å². The number of nitrogens with one attached hydrogen (secondary N) is 2. The van der Waals surface area contributed by atoms with E-state index in [1.165, 1.54) is 16.7 Å². The number of anilines is 3. The first-order valence-corrected chi connectivity index (χ1v) is 9.10. The molecule has 1 heterocycles. The first-order chi connectivity index (χ1) is 13.0. The molecule has 0 saturated carbocycles. The SMILES string of the molecule is COc1cccc(CCNc2cc(C)nc(Nc3cc(C)ccc3C)n2)c1. The van der Waals surface area contributed by atoms with Gasteiger partial charge in [-0.25, -0.2) is 4.98 Å². The van der Waals surface area contributed by atoms with Gasteiger partial charge in [0, 0.05) is 24.0 Å². The molecule has 0 spiro atoms. The number of methoxy groups -OCH3 is 1. The van der Waals surface area contributed by atoms with Crippen molar-refractivity contribution in [1.82, 2.24) is 9.97 Å². The Bertz CT molecular complexity index is 924. The standard InChI is InChI=1S/C22H26N4O/c1-15-8-9-16(2)20(12-15)25-22-24-17(3)13-21(26-22)23-11-10-18-6-5-7-19(14-18)27-4/h5-9,12-14H,10-11H2,1-4H3,(H2,23,24,25,26). The van der Waals surface area contributed by atoms with E-state index >= 15 is 0 Å². The summed E-state index contributed by atoms with van der Waals surface area (Å²) in [5.41, 5.74) is 5.54. The second kappa shape index (κ2) is 8.54. The van der Waals surface area contributed by atoms with Gasteiger partial charge >= 0.3 is 0 Å². The van der Waals surface area contributed by atoms with Crippen LogP contribution in [-0.4, -0.2) is 23.6 Å². The van der Waals surface area contributed by atoms with Crippen molar-refractivity contribution in [2.24, 2.45) is 0 Å². The summed E-state index contributed by atoms with van der Waals surface area (Å²) >= 11 is 0. The predicted octanol–water partition coefficient (Wildman–Crippen LogP) is 4.81. The maximum atomic E-state index is 5.28. The molecule has 2 N–H and O–H groups in total. The monoisotopic (exact) mass is 362 g/mol. The van der Waals surface area contributed by atoms with Crippen LogP contribution in [0.1, 0.15) is 22.4 Å². The number of ether oxygens (including phenoxy) is 1. The van der Waals surface area contributed by atoms with Crippen molar-refractivity contribution in [2.45, 2.75) is 27.2 Å². The number of aryl methyl sites for hydroxylation is 3. The van der Waals surface area contributed by atoms with Crippen molar-refractivity contribution in [3.05, 3.63) is 70.9 Å². The molecule has 0 saturated heterocycles. The fourth-order valence-corrected chi connectivity index (χ4v) is 2.87. The van der Waals surface area contributed by atoms with Gasteiger partial charge in [-0.05, 0) is 62.1 Å². The third-order valence-corrected chi connectivity index (χ3v) is 4.35. The third kappa shape index (κ3) is 5.20. The van der Waals surface area contributed by atoms with Gasteiger partial charge in [0.15, 0.2) is 0 Å². The zero-order valence-corrected chi connectivity index (χ0v) is 16.3. The fraction of sp³-hybridized carbons (Fsp3) is 0.273. The minimum Gasteiger partial charge on any atom is -0.497 e. The smallest absolute Gasteiger partial charge is 0.229 e. The summed E-state index contributed by atoms with van der Waals surface area (Å²) < 4.78 is 5.28. The molecule has 5 nitrogen and oxygen atoms in total. The van der Waals surface area contributed by atoms with E-state index in [-0.39, 0.29) is 0 Å². The second-order valence-corrected chi connectivity index (χ2v) is 6.69. The van der Waals surface area contributed by atoms with Gasteiger partial charge in [0.25, 0.3) is 0 Å². The number of benzene rings is 2. The van der Waals surface area contributed by atoms with E-state index in [1.807, 2.05) is 25.1 Å². The number of nitrogens with zero attached hydrogens (tertiary/aromatic N) is 2. The summed E-state index contributed by atoms with van der Waals surface area (Å²) in [6, 6.07) is 16.4. The average Bonchev–Trinajstić information content (AvgIpc) is 2.64. The van der Waals surface area contributed by atoms with E-state index in [1.54, 1.807) is 7.11 Å². The Morgan fingerprint density at radius 2 is 1.81 bits per heavy atom. The first-order valence-electron chi connectivity index (χ1n) is 9.10. The van der Waals surface area contributed by atoms with Crippen LogP contribution < -0.4 is 15.4 Å². The van der Waals surface area contributed by atoms with Crippen LogP contribution in [0.4, 0.5) is 17.5 Å². The molecule has 0 unspecified atom stereocenters. The molecular weight excluding hydrogens is 336 g/mol. The van der Waals surface area contributed by atoms with Crippen LogP contribution in [0.5, 0.6) is 5.75 Å². The van der Waals surface area contributed by atoms with Crippen molar-refractivity contribution in [1.29, 1.82) is 0 Å². The maximum absolute atomic E-state index is 5.28. The topological polar surface area (TPSA) is 59.1 Å². The zero-order chi connectivity index (χ0) is 19.2. The van der Waals surface area contributed by atoms with Gasteiger partial charge in [0.05, 0.1) is 7.11 Å². The van der Waals surface area contributed by atoms with Crippen LogP contribution in [0.25, 0.3) is 0 Å². The molecule has 2 aromatic carbocycles. The van der Waals surface area contributed by atoms with Crippen LogP contribution in [-0.2, 0) is 6.42 Å². The predicted molar refractivity (Wildman–Crippen MR) is 111 cm³/mol. The highest BCUT2D eigenvalue weighted by Gasteiger charge is 2.05. The number of hydrogen-bond acceptors (Lipinski definition) is 5. The van der Waals surface area contributed by atoms with Crippen LogP contribution in [0.2, 0.25) is 0 Å². The van der Waals surface area contributed by atoms with E-state index in [0.29, 0.717) is 5.95 Å². The molecule has 1 aromatic heterocycles. The average molecular weight is 362 g/mol. The van der Waals surface area contributed by atoms with Gasteiger partial charge in [0.2, 0.25) is 5.95 Å². The summed E-state index contributed by atoms with van der Waals surface area (Å²) in [6.07, 6.45) is 0.889. The van der Waals surface area contributed by atoms with Crippen LogP contribution in [0.15, 0.2) is 48.5 Å². The summed E-state index contributed by atoms with van der Waals surface area (Å²) in [5, 5.41) is 6.73. The molecule has 140 valence electrons. The molecule has 0 atom stereocenters. The summed E-state index contributed by atoms with van der Waals surface area (Å²) in [5.74, 6) is 2.30. The lowest BCUT2D eigenvalue weighted by atomic mass is 10.1. The van der Waals surface area contributed by atoms with Gasteiger partial charge in [-0.1, -0.05) is 24.3 Å². The van der Waals surface area contributed by atoms with E-state index in [0.717, 1.165) is 35.9 Å². The normalized spacial score (nSPS) is 10.5. The lowest BCUT2D eigenvalue weighted by Gasteiger charge is -2.12. The van der Waals surface area contributed by atoms with Gasteiger partial charge in [-0.15, -0.1) is 0 Å². The van der Waals surface area contributed by atoms with Gasteiger partial charge in [0.1, 0.15) is 11.6 Å². The van der Waals surface area contributed by atoms with Gasteiger partial charge in [-0.3, -0.25) is 0 Å². The van der Waals surface area contributed by atoms with E-state index in [4.69, 9.17) is 4.74 Å². The van der Waals surface area contributed by atoms with Crippen molar-refractivity contribution in [3.63, 3.8) is 0 Å². The molecule has 3 rings (SSSR count). The molecule has 0 bridgehead atoms. The summed E-state index contributed by atoms with van der Waals surface area (Å²) in [7, 11) is 1.69. The largest absolute Gasteiger partial charge is 0.497 e. The van der Waals surface area contributed by atoms with Gasteiger partial charge < -0.3 is 15.4 Å². The first kappa shape index (κ1) is 18.7. The third-order valence-electron chi connectivity index (χ3n) is 4.35. The Kier molecular flexibility index (Phi) is 5.91. The minimum absolute atomic E-state index is 0.604. The van der Waals surface area contributed by atoms with Crippen molar-refractivity contribution < 1.29 is 4.74 Å². The quantitative estimate of drug-likeness (QED) is 0.632. The Balaban J connectivity index is 1.67.